The predicted octanol–water partition coefficient (Wildman–Crippen LogP) is 3.41. The molecule has 0 saturated carbocycles. The molecule has 0 saturated heterocycles. The summed E-state index contributed by atoms with van der Waals surface area (Å²) < 4.78 is 0. The molecule has 122 valence electrons. The molecule has 6 heteroatoms. The van der Waals surface area contributed by atoms with Gasteiger partial charge in [-0.2, -0.15) is 0 Å². The molecular weight excluding hydrogens is 310 g/mol. The van der Waals surface area contributed by atoms with Crippen LogP contribution in [0.1, 0.15) is 73.5 Å². The molecule has 5 nitrogen and oxygen atoms in total. The highest BCUT2D eigenvalue weighted by Crippen LogP contribution is 2.28. The number of rotatable bonds is 3. The number of nitrogens with zero attached hydrogens (tertiary/aromatic N) is 1. The molecule has 2 heterocycles. The van der Waals surface area contributed by atoms with Crippen LogP contribution in [-0.4, -0.2) is 21.7 Å². The molecule has 1 amide bonds. The smallest absolute Gasteiger partial charge is 0.254 e. The Balaban J connectivity index is 1.88. The zero-order valence-electron chi connectivity index (χ0n) is 13.9. The maximum atomic E-state index is 12.7. The Kier molecular flexibility index (Phi) is 4.10. The molecule has 0 fully saturated rings. The van der Waals surface area contributed by atoms with Gasteiger partial charge in [-0.1, -0.05) is 0 Å². The van der Waals surface area contributed by atoms with Crippen molar-refractivity contribution in [3.05, 3.63) is 38.1 Å². The number of fused-ring (bicyclic) bond motifs is 1. The number of ketones is 1. The number of nitrogens with one attached hydrogen (secondary N) is 2. The van der Waals surface area contributed by atoms with Gasteiger partial charge in [-0.15, -0.1) is 11.3 Å². The van der Waals surface area contributed by atoms with Gasteiger partial charge in [0.2, 0.25) is 0 Å². The lowest BCUT2D eigenvalue weighted by Gasteiger charge is -2.15. The van der Waals surface area contributed by atoms with Crippen LogP contribution in [0, 0.1) is 20.8 Å². The second-order valence-corrected chi connectivity index (χ2v) is 7.53. The Morgan fingerprint density at radius 1 is 1.30 bits per heavy atom. The molecule has 0 aliphatic heterocycles. The SMILES string of the molecule is Cc1nc([C@@H](C)NC(=O)c2c(C)[nH]c3c2C(=O)CCC3)c(C)s1. The summed E-state index contributed by atoms with van der Waals surface area (Å²) in [6.45, 7) is 7.75. The summed E-state index contributed by atoms with van der Waals surface area (Å²) in [4.78, 5) is 33.8. The summed E-state index contributed by atoms with van der Waals surface area (Å²) in [6.07, 6.45) is 2.19. The zero-order valence-corrected chi connectivity index (χ0v) is 14.7. The fraction of sp³-hybridized carbons (Fsp3) is 0.471. The number of hydrogen-bond acceptors (Lipinski definition) is 4. The first-order valence-electron chi connectivity index (χ1n) is 7.88. The zero-order chi connectivity index (χ0) is 16.7. The molecule has 2 N–H and O–H groups in total. The Hall–Kier alpha value is -1.95. The second kappa shape index (κ2) is 5.92. The Bertz CT molecular complexity index is 788. The topological polar surface area (TPSA) is 74.8 Å². The molecule has 1 atom stereocenters. The third-order valence-corrected chi connectivity index (χ3v) is 5.20. The van der Waals surface area contributed by atoms with E-state index in [9.17, 15) is 9.59 Å². The maximum Gasteiger partial charge on any atom is 0.254 e. The quantitative estimate of drug-likeness (QED) is 0.905. The molecule has 23 heavy (non-hydrogen) atoms. The van der Waals surface area contributed by atoms with Crippen molar-refractivity contribution in [2.24, 2.45) is 0 Å². The minimum absolute atomic E-state index is 0.0640. The molecular formula is C17H21N3O2S. The van der Waals surface area contributed by atoms with Crippen molar-refractivity contribution in [3.8, 4) is 0 Å². The molecule has 3 rings (SSSR count). The number of aryl methyl sites for hydroxylation is 4. The number of thiazole rings is 1. The molecule has 2 aromatic rings. The molecule has 1 aliphatic carbocycles. The van der Waals surface area contributed by atoms with Crippen molar-refractivity contribution in [3.63, 3.8) is 0 Å². The van der Waals surface area contributed by atoms with Crippen molar-refractivity contribution < 1.29 is 9.59 Å². The lowest BCUT2D eigenvalue weighted by Crippen LogP contribution is -2.29. The van der Waals surface area contributed by atoms with Gasteiger partial charge in [-0.05, 0) is 40.5 Å². The fourth-order valence-corrected chi connectivity index (χ4v) is 4.22. The van der Waals surface area contributed by atoms with E-state index in [-0.39, 0.29) is 17.7 Å². The Morgan fingerprint density at radius 2 is 2.04 bits per heavy atom. The number of carbonyl (C=O) groups is 2. The number of aromatic nitrogens is 2. The van der Waals surface area contributed by atoms with E-state index in [2.05, 4.69) is 15.3 Å². The first kappa shape index (κ1) is 15.9. The minimum Gasteiger partial charge on any atom is -0.361 e. The molecule has 2 aromatic heterocycles. The van der Waals surface area contributed by atoms with Gasteiger partial charge in [-0.25, -0.2) is 4.98 Å². The van der Waals surface area contributed by atoms with Gasteiger partial charge in [0.05, 0.1) is 27.9 Å². The van der Waals surface area contributed by atoms with Crippen LogP contribution in [0.4, 0.5) is 0 Å². The summed E-state index contributed by atoms with van der Waals surface area (Å²) in [5, 5.41) is 3.99. The summed E-state index contributed by atoms with van der Waals surface area (Å²) in [5.74, 6) is -0.137. The van der Waals surface area contributed by atoms with Crippen LogP contribution in [0.5, 0.6) is 0 Å². The van der Waals surface area contributed by atoms with Crippen LogP contribution in [0.3, 0.4) is 0 Å². The average Bonchev–Trinajstić information content (AvgIpc) is 2.98. The van der Waals surface area contributed by atoms with Crippen LogP contribution in [0.15, 0.2) is 0 Å². The molecule has 0 spiro atoms. The Labute approximate surface area is 139 Å². The molecule has 0 radical (unpaired) electrons. The highest BCUT2D eigenvalue weighted by molar-refractivity contribution is 7.11. The number of carbonyl (C=O) groups excluding carboxylic acids is 2. The van der Waals surface area contributed by atoms with Gasteiger partial charge < -0.3 is 10.3 Å². The summed E-state index contributed by atoms with van der Waals surface area (Å²) in [5.41, 5.74) is 3.65. The number of amides is 1. The van der Waals surface area contributed by atoms with E-state index in [1.807, 2.05) is 27.7 Å². The summed E-state index contributed by atoms with van der Waals surface area (Å²) in [6, 6.07) is -0.184. The molecule has 0 aromatic carbocycles. The van der Waals surface area contributed by atoms with Gasteiger partial charge in [0.1, 0.15) is 0 Å². The minimum atomic E-state index is -0.201. The lowest BCUT2D eigenvalue weighted by atomic mass is 9.93. The van der Waals surface area contributed by atoms with Crippen molar-refractivity contribution >= 4 is 23.0 Å². The normalized spacial score (nSPS) is 15.4. The van der Waals surface area contributed by atoms with E-state index < -0.39 is 0 Å². The number of aromatic amines is 1. The third-order valence-electron chi connectivity index (χ3n) is 4.30. The monoisotopic (exact) mass is 331 g/mol. The maximum absolute atomic E-state index is 12.7. The second-order valence-electron chi connectivity index (χ2n) is 6.12. The van der Waals surface area contributed by atoms with Crippen LogP contribution in [-0.2, 0) is 6.42 Å². The largest absolute Gasteiger partial charge is 0.361 e. The first-order valence-corrected chi connectivity index (χ1v) is 8.69. The van der Waals surface area contributed by atoms with Crippen molar-refractivity contribution in [2.75, 3.05) is 0 Å². The average molecular weight is 331 g/mol. The van der Waals surface area contributed by atoms with E-state index in [4.69, 9.17) is 0 Å². The fourth-order valence-electron chi connectivity index (χ4n) is 3.30. The number of hydrogen-bond donors (Lipinski definition) is 2. The predicted molar refractivity (Wildman–Crippen MR) is 90.3 cm³/mol. The summed E-state index contributed by atoms with van der Waals surface area (Å²) >= 11 is 1.63. The lowest BCUT2D eigenvalue weighted by molar-refractivity contribution is 0.0917. The Morgan fingerprint density at radius 3 is 2.70 bits per heavy atom. The van der Waals surface area contributed by atoms with E-state index in [1.54, 1.807) is 11.3 Å². The van der Waals surface area contributed by atoms with Crippen molar-refractivity contribution in [1.29, 1.82) is 0 Å². The highest BCUT2D eigenvalue weighted by Gasteiger charge is 2.29. The molecule has 1 aliphatic rings. The van der Waals surface area contributed by atoms with E-state index >= 15 is 0 Å². The number of H-pyrrole nitrogens is 1. The van der Waals surface area contributed by atoms with E-state index in [0.29, 0.717) is 17.5 Å². The van der Waals surface area contributed by atoms with Crippen LogP contribution < -0.4 is 5.32 Å². The van der Waals surface area contributed by atoms with Crippen LogP contribution in [0.2, 0.25) is 0 Å². The van der Waals surface area contributed by atoms with Gasteiger partial charge >= 0.3 is 0 Å². The van der Waals surface area contributed by atoms with Gasteiger partial charge in [0.15, 0.2) is 5.78 Å². The van der Waals surface area contributed by atoms with E-state index in [1.165, 1.54) is 0 Å². The van der Waals surface area contributed by atoms with E-state index in [0.717, 1.165) is 39.8 Å². The highest BCUT2D eigenvalue weighted by atomic mass is 32.1. The first-order chi connectivity index (χ1) is 10.9. The van der Waals surface area contributed by atoms with Gasteiger partial charge in [0, 0.05) is 22.7 Å². The standard InChI is InChI=1S/C17H21N3O2S/c1-8-14(15-12(18-8)6-5-7-13(15)21)17(22)19-9(2)16-10(3)23-11(4)20-16/h9,18H,5-7H2,1-4H3,(H,19,22)/t9-/m1/s1. The molecule has 0 bridgehead atoms. The number of Topliss-reactive ketones (excluding diaryl/α,β-unsaturated/α-hetero) is 1. The van der Waals surface area contributed by atoms with Crippen molar-refractivity contribution in [2.45, 2.75) is 53.0 Å². The third kappa shape index (κ3) is 2.83. The van der Waals surface area contributed by atoms with Crippen LogP contribution in [0.25, 0.3) is 0 Å². The summed E-state index contributed by atoms with van der Waals surface area (Å²) in [7, 11) is 0. The molecule has 0 unspecified atom stereocenters. The van der Waals surface area contributed by atoms with Gasteiger partial charge in [0.25, 0.3) is 5.91 Å². The van der Waals surface area contributed by atoms with Gasteiger partial charge in [-0.3, -0.25) is 9.59 Å². The van der Waals surface area contributed by atoms with Crippen molar-refractivity contribution in [1.82, 2.24) is 15.3 Å². The van der Waals surface area contributed by atoms with Crippen LogP contribution >= 0.6 is 11.3 Å².